The van der Waals surface area contributed by atoms with Crippen molar-refractivity contribution >= 4 is 28.2 Å². The summed E-state index contributed by atoms with van der Waals surface area (Å²) in [5.41, 5.74) is 5.92. The van der Waals surface area contributed by atoms with E-state index in [0.29, 0.717) is 12.3 Å². The van der Waals surface area contributed by atoms with E-state index in [2.05, 4.69) is 10.3 Å². The Hall–Kier alpha value is -3.68. The number of hydrogen-bond acceptors (Lipinski definition) is 6. The summed E-state index contributed by atoms with van der Waals surface area (Å²) in [7, 11) is 0. The van der Waals surface area contributed by atoms with Gasteiger partial charge in [-0.15, -0.1) is 0 Å². The Bertz CT molecular complexity index is 1050. The fourth-order valence-electron chi connectivity index (χ4n) is 2.92. The summed E-state index contributed by atoms with van der Waals surface area (Å²) in [6, 6.07) is 12.9. The van der Waals surface area contributed by atoms with Crippen LogP contribution in [0.1, 0.15) is 29.8 Å². The number of rotatable bonds is 7. The number of benzene rings is 2. The standard InChI is InChI=1S/C20H20N4O4/c1-12(2)28-18-8-7-13-5-3-4-6-15(13)17(18)11-23-20-16(19(21)25)9-14(10-22-20)24(26)27/h3-10,12H,11H2,1-2H3,(H2,21,25)(H,22,23). The fourth-order valence-corrected chi connectivity index (χ4v) is 2.92. The van der Waals surface area contributed by atoms with Gasteiger partial charge in [0.15, 0.2) is 0 Å². The van der Waals surface area contributed by atoms with Crippen LogP contribution in [0.15, 0.2) is 48.7 Å². The normalized spacial score (nSPS) is 10.8. The van der Waals surface area contributed by atoms with Gasteiger partial charge in [0, 0.05) is 18.2 Å². The summed E-state index contributed by atoms with van der Waals surface area (Å²) in [6.07, 6.45) is 1.07. The monoisotopic (exact) mass is 380 g/mol. The summed E-state index contributed by atoms with van der Waals surface area (Å²) in [4.78, 5) is 26.1. The number of fused-ring (bicyclic) bond motifs is 1. The number of nitrogens with two attached hydrogens (primary N) is 1. The van der Waals surface area contributed by atoms with Crippen LogP contribution < -0.4 is 15.8 Å². The molecule has 0 aliphatic carbocycles. The maximum absolute atomic E-state index is 11.7. The first-order valence-electron chi connectivity index (χ1n) is 8.72. The number of nitrogens with one attached hydrogen (secondary N) is 1. The Kier molecular flexibility index (Phi) is 5.39. The van der Waals surface area contributed by atoms with Gasteiger partial charge in [0.25, 0.3) is 11.6 Å². The van der Waals surface area contributed by atoms with Crippen LogP contribution in [0.2, 0.25) is 0 Å². The van der Waals surface area contributed by atoms with Crippen LogP contribution in [0.3, 0.4) is 0 Å². The van der Waals surface area contributed by atoms with E-state index >= 15 is 0 Å². The van der Waals surface area contributed by atoms with E-state index < -0.39 is 10.8 Å². The van der Waals surface area contributed by atoms with Crippen LogP contribution in [0.4, 0.5) is 11.5 Å². The van der Waals surface area contributed by atoms with Gasteiger partial charge in [0.2, 0.25) is 0 Å². The summed E-state index contributed by atoms with van der Waals surface area (Å²) >= 11 is 0. The van der Waals surface area contributed by atoms with Crippen LogP contribution in [-0.2, 0) is 6.54 Å². The highest BCUT2D eigenvalue weighted by Gasteiger charge is 2.17. The molecule has 0 bridgehead atoms. The molecule has 0 radical (unpaired) electrons. The van der Waals surface area contributed by atoms with Gasteiger partial charge >= 0.3 is 0 Å². The molecule has 0 aliphatic rings. The smallest absolute Gasteiger partial charge is 0.288 e. The molecule has 0 spiro atoms. The second-order valence-electron chi connectivity index (χ2n) is 6.49. The number of carbonyl (C=O) groups is 1. The first kappa shape index (κ1) is 19.1. The molecular weight excluding hydrogens is 360 g/mol. The lowest BCUT2D eigenvalue weighted by Gasteiger charge is -2.17. The van der Waals surface area contributed by atoms with Gasteiger partial charge in [-0.25, -0.2) is 4.98 Å². The van der Waals surface area contributed by atoms with Crippen LogP contribution in [0.5, 0.6) is 5.75 Å². The maximum atomic E-state index is 11.7. The van der Waals surface area contributed by atoms with Gasteiger partial charge in [-0.2, -0.15) is 0 Å². The molecule has 2 aromatic carbocycles. The molecular formula is C20H20N4O4. The minimum absolute atomic E-state index is 0.0152. The van der Waals surface area contributed by atoms with Crippen molar-refractivity contribution < 1.29 is 14.5 Å². The Balaban J connectivity index is 1.99. The lowest BCUT2D eigenvalue weighted by Crippen LogP contribution is -2.16. The summed E-state index contributed by atoms with van der Waals surface area (Å²) in [5, 5.41) is 16.0. The zero-order valence-corrected chi connectivity index (χ0v) is 15.5. The van der Waals surface area contributed by atoms with Gasteiger partial charge in [0.05, 0.1) is 16.6 Å². The van der Waals surface area contributed by atoms with Gasteiger partial charge in [0.1, 0.15) is 17.8 Å². The van der Waals surface area contributed by atoms with E-state index in [1.165, 1.54) is 0 Å². The Morgan fingerprint density at radius 1 is 1.29 bits per heavy atom. The first-order chi connectivity index (χ1) is 13.4. The third-order valence-corrected chi connectivity index (χ3v) is 4.14. The third-order valence-electron chi connectivity index (χ3n) is 4.14. The third kappa shape index (κ3) is 4.01. The van der Waals surface area contributed by atoms with Gasteiger partial charge in [-0.3, -0.25) is 14.9 Å². The lowest BCUT2D eigenvalue weighted by atomic mass is 10.0. The van der Waals surface area contributed by atoms with Gasteiger partial charge < -0.3 is 15.8 Å². The number of aromatic nitrogens is 1. The summed E-state index contributed by atoms with van der Waals surface area (Å²) in [5.74, 6) is 0.0977. The maximum Gasteiger partial charge on any atom is 0.288 e. The van der Waals surface area contributed by atoms with Crippen molar-refractivity contribution in [2.75, 3.05) is 5.32 Å². The lowest BCUT2D eigenvalue weighted by molar-refractivity contribution is -0.385. The average molecular weight is 380 g/mol. The molecule has 0 fully saturated rings. The quantitative estimate of drug-likeness (QED) is 0.477. The Morgan fingerprint density at radius 3 is 2.71 bits per heavy atom. The molecule has 0 saturated carbocycles. The van der Waals surface area contributed by atoms with E-state index in [1.807, 2.05) is 50.2 Å². The predicted molar refractivity (Wildman–Crippen MR) is 106 cm³/mol. The van der Waals surface area contributed by atoms with Gasteiger partial charge in [-0.05, 0) is 30.7 Å². The molecule has 0 unspecified atom stereocenters. The highest BCUT2D eigenvalue weighted by atomic mass is 16.6. The molecule has 1 amide bonds. The first-order valence-corrected chi connectivity index (χ1v) is 8.72. The molecule has 144 valence electrons. The minimum Gasteiger partial charge on any atom is -0.491 e. The number of hydrogen-bond donors (Lipinski definition) is 2. The summed E-state index contributed by atoms with van der Waals surface area (Å²) < 4.78 is 5.93. The van der Waals surface area contributed by atoms with Gasteiger partial charge in [-0.1, -0.05) is 30.3 Å². The van der Waals surface area contributed by atoms with Crippen LogP contribution in [0, 0.1) is 10.1 Å². The molecule has 8 heteroatoms. The van der Waals surface area contributed by atoms with Crippen molar-refractivity contribution in [3.8, 4) is 5.75 Å². The van der Waals surface area contributed by atoms with Crippen molar-refractivity contribution in [1.82, 2.24) is 4.98 Å². The molecule has 0 aliphatic heterocycles. The van der Waals surface area contributed by atoms with Crippen LogP contribution >= 0.6 is 0 Å². The number of primary amides is 1. The molecule has 8 nitrogen and oxygen atoms in total. The molecule has 1 heterocycles. The van der Waals surface area contributed by atoms with Crippen molar-refractivity contribution in [1.29, 1.82) is 0 Å². The van der Waals surface area contributed by atoms with E-state index in [4.69, 9.17) is 10.5 Å². The second-order valence-corrected chi connectivity index (χ2v) is 6.49. The number of nitro groups is 1. The second kappa shape index (κ2) is 7.91. The highest BCUT2D eigenvalue weighted by molar-refractivity contribution is 5.98. The van der Waals surface area contributed by atoms with E-state index in [-0.39, 0.29) is 23.2 Å². The largest absolute Gasteiger partial charge is 0.491 e. The van der Waals surface area contributed by atoms with Crippen LogP contribution in [0.25, 0.3) is 10.8 Å². The highest BCUT2D eigenvalue weighted by Crippen LogP contribution is 2.30. The van der Waals surface area contributed by atoms with E-state index in [0.717, 1.165) is 28.6 Å². The number of carbonyl (C=O) groups excluding carboxylic acids is 1. The SMILES string of the molecule is CC(C)Oc1ccc2ccccc2c1CNc1ncc([N+](=O)[O-])cc1C(N)=O. The number of pyridine rings is 1. The number of amides is 1. The molecule has 3 aromatic rings. The molecule has 28 heavy (non-hydrogen) atoms. The zero-order valence-electron chi connectivity index (χ0n) is 15.5. The number of nitrogens with zero attached hydrogens (tertiary/aromatic N) is 2. The van der Waals surface area contributed by atoms with Crippen molar-refractivity contribution in [2.24, 2.45) is 5.73 Å². The van der Waals surface area contributed by atoms with Crippen molar-refractivity contribution in [3.05, 3.63) is 69.9 Å². The fraction of sp³-hybridized carbons (Fsp3) is 0.200. The molecule has 1 aromatic heterocycles. The van der Waals surface area contributed by atoms with Crippen molar-refractivity contribution in [2.45, 2.75) is 26.5 Å². The Morgan fingerprint density at radius 2 is 2.04 bits per heavy atom. The molecule has 3 rings (SSSR count). The molecule has 0 atom stereocenters. The predicted octanol–water partition coefficient (Wildman–Crippen LogP) is 3.64. The van der Waals surface area contributed by atoms with E-state index in [1.54, 1.807) is 0 Å². The van der Waals surface area contributed by atoms with Crippen LogP contribution in [-0.4, -0.2) is 21.9 Å². The van der Waals surface area contributed by atoms with Crippen molar-refractivity contribution in [3.63, 3.8) is 0 Å². The summed E-state index contributed by atoms with van der Waals surface area (Å²) in [6.45, 7) is 4.18. The van der Waals surface area contributed by atoms with E-state index in [9.17, 15) is 14.9 Å². The number of ether oxygens (including phenoxy) is 1. The molecule has 3 N–H and O–H groups in total. The number of anilines is 1. The topological polar surface area (TPSA) is 120 Å². The zero-order chi connectivity index (χ0) is 20.3. The minimum atomic E-state index is -0.796. The molecule has 0 saturated heterocycles. The average Bonchev–Trinajstić information content (AvgIpc) is 2.66. The Labute approximate surface area is 161 Å².